The molecule has 162 valence electrons. The first-order valence-electron chi connectivity index (χ1n) is 10.8. The van der Waals surface area contributed by atoms with Crippen LogP contribution in [-0.4, -0.2) is 61.4 Å². The van der Waals surface area contributed by atoms with Crippen molar-refractivity contribution in [3.8, 4) is 0 Å². The summed E-state index contributed by atoms with van der Waals surface area (Å²) in [6.45, 7) is 5.31. The van der Waals surface area contributed by atoms with Crippen molar-refractivity contribution in [2.24, 2.45) is 4.99 Å². The van der Waals surface area contributed by atoms with Gasteiger partial charge in [0.05, 0.1) is 0 Å². The lowest BCUT2D eigenvalue weighted by Crippen LogP contribution is -2.41. The van der Waals surface area contributed by atoms with Gasteiger partial charge >= 0.3 is 0 Å². The summed E-state index contributed by atoms with van der Waals surface area (Å²) in [6, 6.07) is 0.322. The highest BCUT2D eigenvalue weighted by Crippen LogP contribution is 2.17. The molecule has 2 fully saturated rings. The lowest BCUT2D eigenvalue weighted by atomic mass is 9.95. The van der Waals surface area contributed by atoms with Gasteiger partial charge in [0.25, 0.3) is 0 Å². The number of hydrogen-bond donors (Lipinski definition) is 3. The van der Waals surface area contributed by atoms with E-state index in [4.69, 9.17) is 0 Å². The van der Waals surface area contributed by atoms with Crippen LogP contribution in [0.15, 0.2) is 4.99 Å². The van der Waals surface area contributed by atoms with Gasteiger partial charge in [0.2, 0.25) is 11.8 Å². The molecular formula is C20H38IN5O2. The minimum atomic E-state index is -0.00531. The predicted octanol–water partition coefficient (Wildman–Crippen LogP) is 2.40. The van der Waals surface area contributed by atoms with Crippen LogP contribution in [0.4, 0.5) is 0 Å². The maximum absolute atomic E-state index is 12.1. The normalized spacial score (nSPS) is 18.8. The van der Waals surface area contributed by atoms with Gasteiger partial charge in [-0.15, -0.1) is 24.0 Å². The summed E-state index contributed by atoms with van der Waals surface area (Å²) in [4.78, 5) is 30.5. The molecule has 0 spiro atoms. The number of rotatable bonds is 8. The van der Waals surface area contributed by atoms with Crippen LogP contribution in [0, 0.1) is 0 Å². The van der Waals surface area contributed by atoms with E-state index in [-0.39, 0.29) is 42.3 Å². The van der Waals surface area contributed by atoms with Gasteiger partial charge < -0.3 is 20.9 Å². The van der Waals surface area contributed by atoms with Crippen molar-refractivity contribution in [3.05, 3.63) is 0 Å². The van der Waals surface area contributed by atoms with E-state index in [2.05, 4.69) is 20.9 Å². The van der Waals surface area contributed by atoms with E-state index in [9.17, 15) is 9.59 Å². The SMILES string of the molecule is CCNC(=NCC(=O)NC1CCCCC1)NCCCN1CCCCCC1=O.I. The maximum atomic E-state index is 12.1. The van der Waals surface area contributed by atoms with Gasteiger partial charge in [-0.05, 0) is 39.0 Å². The standard InChI is InChI=1S/C20H37N5O2.HI/c1-2-21-20(23-16-18(26)24-17-10-5-3-6-11-17)22-13-9-15-25-14-8-4-7-12-19(25)27;/h17H,2-16H2,1H3,(H,24,26)(H2,21,22,23);1H. The molecule has 1 aliphatic heterocycles. The second-order valence-corrected chi connectivity index (χ2v) is 7.57. The molecule has 0 atom stereocenters. The quantitative estimate of drug-likeness (QED) is 0.204. The van der Waals surface area contributed by atoms with Crippen LogP contribution >= 0.6 is 24.0 Å². The molecule has 2 amide bonds. The van der Waals surface area contributed by atoms with Gasteiger partial charge in [-0.3, -0.25) is 9.59 Å². The highest BCUT2D eigenvalue weighted by atomic mass is 127. The van der Waals surface area contributed by atoms with Crippen LogP contribution in [0.25, 0.3) is 0 Å². The summed E-state index contributed by atoms with van der Waals surface area (Å²) in [5.74, 6) is 0.945. The van der Waals surface area contributed by atoms with Gasteiger partial charge in [-0.1, -0.05) is 25.7 Å². The van der Waals surface area contributed by atoms with Crippen LogP contribution in [0.1, 0.15) is 71.1 Å². The van der Waals surface area contributed by atoms with Crippen LogP contribution < -0.4 is 16.0 Å². The molecule has 28 heavy (non-hydrogen) atoms. The molecule has 0 radical (unpaired) electrons. The molecule has 2 rings (SSSR count). The van der Waals surface area contributed by atoms with E-state index in [0.29, 0.717) is 18.4 Å². The summed E-state index contributed by atoms with van der Waals surface area (Å²) >= 11 is 0. The third-order valence-corrected chi connectivity index (χ3v) is 5.26. The van der Waals surface area contributed by atoms with E-state index < -0.39 is 0 Å². The second-order valence-electron chi connectivity index (χ2n) is 7.57. The van der Waals surface area contributed by atoms with Gasteiger partial charge in [0, 0.05) is 38.6 Å². The van der Waals surface area contributed by atoms with Crippen molar-refractivity contribution in [1.29, 1.82) is 0 Å². The predicted molar refractivity (Wildman–Crippen MR) is 124 cm³/mol. The number of aliphatic imine (C=N–C) groups is 1. The van der Waals surface area contributed by atoms with Gasteiger partial charge in [-0.25, -0.2) is 4.99 Å². The zero-order chi connectivity index (χ0) is 19.3. The molecule has 0 aromatic heterocycles. The molecule has 0 aromatic rings. The molecule has 0 bridgehead atoms. The van der Waals surface area contributed by atoms with Crippen LogP contribution in [0.3, 0.4) is 0 Å². The molecule has 0 unspecified atom stereocenters. The Morgan fingerprint density at radius 2 is 1.86 bits per heavy atom. The smallest absolute Gasteiger partial charge is 0.242 e. The monoisotopic (exact) mass is 507 g/mol. The molecule has 3 N–H and O–H groups in total. The van der Waals surface area contributed by atoms with Crippen LogP contribution in [-0.2, 0) is 9.59 Å². The summed E-state index contributed by atoms with van der Waals surface area (Å²) in [6.07, 6.45) is 10.7. The number of likely N-dealkylation sites (tertiary alicyclic amines) is 1. The van der Waals surface area contributed by atoms with Crippen molar-refractivity contribution in [2.45, 2.75) is 77.2 Å². The fourth-order valence-corrected chi connectivity index (χ4v) is 3.76. The largest absolute Gasteiger partial charge is 0.357 e. The fourth-order valence-electron chi connectivity index (χ4n) is 3.76. The van der Waals surface area contributed by atoms with E-state index in [0.717, 1.165) is 64.7 Å². The van der Waals surface area contributed by atoms with Gasteiger partial charge in [0.1, 0.15) is 6.54 Å². The molecular weight excluding hydrogens is 469 g/mol. The van der Waals surface area contributed by atoms with Gasteiger partial charge in [0.15, 0.2) is 5.96 Å². The number of hydrogen-bond acceptors (Lipinski definition) is 3. The van der Waals surface area contributed by atoms with Crippen molar-refractivity contribution in [2.75, 3.05) is 32.7 Å². The Kier molecular flexibility index (Phi) is 13.3. The second kappa shape index (κ2) is 14.9. The van der Waals surface area contributed by atoms with E-state index in [1.165, 1.54) is 19.3 Å². The first-order valence-corrected chi connectivity index (χ1v) is 10.8. The number of carbonyl (C=O) groups is 2. The first kappa shape index (κ1) is 25.0. The Morgan fingerprint density at radius 1 is 1.11 bits per heavy atom. The van der Waals surface area contributed by atoms with E-state index in [1.807, 2.05) is 11.8 Å². The molecule has 1 heterocycles. The third-order valence-electron chi connectivity index (χ3n) is 5.26. The zero-order valence-corrected chi connectivity index (χ0v) is 19.6. The molecule has 1 aliphatic carbocycles. The number of guanidine groups is 1. The first-order chi connectivity index (χ1) is 13.2. The third kappa shape index (κ3) is 9.93. The molecule has 2 aliphatic rings. The minimum Gasteiger partial charge on any atom is -0.357 e. The highest BCUT2D eigenvalue weighted by molar-refractivity contribution is 14.0. The number of halogens is 1. The molecule has 8 heteroatoms. The Balaban J connectivity index is 0.00000392. The maximum Gasteiger partial charge on any atom is 0.242 e. The van der Waals surface area contributed by atoms with E-state index >= 15 is 0 Å². The summed E-state index contributed by atoms with van der Waals surface area (Å²) in [7, 11) is 0. The average molecular weight is 507 g/mol. The lowest BCUT2D eigenvalue weighted by molar-refractivity contribution is -0.130. The van der Waals surface area contributed by atoms with Crippen molar-refractivity contribution >= 4 is 41.8 Å². The summed E-state index contributed by atoms with van der Waals surface area (Å²) < 4.78 is 0. The Hall–Kier alpha value is -1.06. The van der Waals surface area contributed by atoms with Gasteiger partial charge in [-0.2, -0.15) is 0 Å². The Labute approximate surface area is 186 Å². The van der Waals surface area contributed by atoms with Crippen molar-refractivity contribution in [3.63, 3.8) is 0 Å². The topological polar surface area (TPSA) is 85.8 Å². The minimum absolute atomic E-state index is 0. The number of amides is 2. The average Bonchev–Trinajstić information content (AvgIpc) is 2.88. The molecule has 7 nitrogen and oxygen atoms in total. The van der Waals surface area contributed by atoms with Crippen LogP contribution in [0.2, 0.25) is 0 Å². The van der Waals surface area contributed by atoms with Crippen molar-refractivity contribution < 1.29 is 9.59 Å². The number of nitrogens with one attached hydrogen (secondary N) is 3. The summed E-state index contributed by atoms with van der Waals surface area (Å²) in [5.41, 5.74) is 0. The van der Waals surface area contributed by atoms with Crippen molar-refractivity contribution in [1.82, 2.24) is 20.9 Å². The fraction of sp³-hybridized carbons (Fsp3) is 0.850. The lowest BCUT2D eigenvalue weighted by Gasteiger charge is -2.22. The summed E-state index contributed by atoms with van der Waals surface area (Å²) in [5, 5.41) is 9.54. The van der Waals surface area contributed by atoms with E-state index in [1.54, 1.807) is 0 Å². The zero-order valence-electron chi connectivity index (χ0n) is 17.3. The number of carbonyl (C=O) groups excluding carboxylic acids is 2. The number of nitrogens with zero attached hydrogens (tertiary/aromatic N) is 2. The van der Waals surface area contributed by atoms with Crippen LogP contribution in [0.5, 0.6) is 0 Å². The molecule has 0 aromatic carbocycles. The Morgan fingerprint density at radius 3 is 2.61 bits per heavy atom. The Bertz CT molecular complexity index is 495. The molecule has 1 saturated carbocycles. The highest BCUT2D eigenvalue weighted by Gasteiger charge is 2.16. The molecule has 1 saturated heterocycles.